The number of esters is 4. The van der Waals surface area contributed by atoms with Crippen LogP contribution in [-0.2, 0) is 65.4 Å². The van der Waals surface area contributed by atoms with Gasteiger partial charge in [0.15, 0.2) is 12.2 Å². The second kappa shape index (κ2) is 70.9. The van der Waals surface area contributed by atoms with Gasteiger partial charge in [0.25, 0.3) is 0 Å². The molecule has 0 saturated heterocycles. The fraction of sp³-hybridized carbons (Fsp3) is 0.696. The number of ether oxygens (including phenoxy) is 4. The summed E-state index contributed by atoms with van der Waals surface area (Å²) in [5.74, 6) is -2.27. The minimum Gasteiger partial charge on any atom is -0.462 e. The number of aliphatic hydroxyl groups excluding tert-OH is 1. The van der Waals surface area contributed by atoms with E-state index < -0.39 is 97.5 Å². The molecule has 0 saturated carbocycles. The van der Waals surface area contributed by atoms with E-state index in [1.165, 1.54) is 64.2 Å². The van der Waals surface area contributed by atoms with Gasteiger partial charge in [0.2, 0.25) is 0 Å². The van der Waals surface area contributed by atoms with Gasteiger partial charge in [-0.25, -0.2) is 9.13 Å². The highest BCUT2D eigenvalue weighted by Gasteiger charge is 2.30. The van der Waals surface area contributed by atoms with Gasteiger partial charge < -0.3 is 33.8 Å². The van der Waals surface area contributed by atoms with Crippen LogP contribution >= 0.6 is 15.6 Å². The van der Waals surface area contributed by atoms with E-state index in [1.807, 2.05) is 12.2 Å². The molecule has 3 N–H and O–H groups in total. The molecule has 5 unspecified atom stereocenters. The number of phosphoric ester groups is 2. The molecule has 0 heterocycles. The van der Waals surface area contributed by atoms with E-state index in [-0.39, 0.29) is 25.7 Å². The first-order valence-corrected chi connectivity index (χ1v) is 40.8. The van der Waals surface area contributed by atoms with Crippen LogP contribution in [0.1, 0.15) is 297 Å². The molecule has 562 valence electrons. The number of allylic oxidation sites excluding steroid dienone is 20. The second-order valence-electron chi connectivity index (χ2n) is 24.8. The zero-order chi connectivity index (χ0) is 71.8. The average molecular weight is 1420 g/mol. The van der Waals surface area contributed by atoms with Crippen molar-refractivity contribution in [1.29, 1.82) is 0 Å². The van der Waals surface area contributed by atoms with Crippen molar-refractivity contribution in [3.05, 3.63) is 122 Å². The van der Waals surface area contributed by atoms with E-state index in [0.29, 0.717) is 32.1 Å². The summed E-state index contributed by atoms with van der Waals surface area (Å²) in [7, 11) is -9.97. The van der Waals surface area contributed by atoms with Crippen molar-refractivity contribution in [3.63, 3.8) is 0 Å². The second-order valence-corrected chi connectivity index (χ2v) is 27.7. The molecule has 0 amide bonds. The minimum atomic E-state index is -4.99. The third-order valence-electron chi connectivity index (χ3n) is 15.4. The number of hydrogen-bond donors (Lipinski definition) is 3. The lowest BCUT2D eigenvalue weighted by Gasteiger charge is -2.21. The van der Waals surface area contributed by atoms with Crippen LogP contribution in [0.3, 0.4) is 0 Å². The fourth-order valence-electron chi connectivity index (χ4n) is 9.70. The Morgan fingerprint density at radius 1 is 0.296 bits per heavy atom. The molecule has 0 rings (SSSR count). The summed E-state index contributed by atoms with van der Waals surface area (Å²) in [6, 6.07) is 0. The highest BCUT2D eigenvalue weighted by atomic mass is 31.2. The number of aliphatic hydroxyl groups is 1. The summed E-state index contributed by atoms with van der Waals surface area (Å²) >= 11 is 0. The molecule has 0 radical (unpaired) electrons. The average Bonchev–Trinajstić information content (AvgIpc) is 0.973. The Kier molecular flexibility index (Phi) is 67.6. The van der Waals surface area contributed by atoms with Gasteiger partial charge in [-0.3, -0.25) is 37.3 Å². The SMILES string of the molecule is CC/C=C\C/C=C\C/C=C\C/C=C\C/C=C\CCCC(=O)OCC(COP(=O)(O)OCC(O)COP(=O)(O)OCC(COC(=O)CCCCCC/C=C\C/C=C\C/C=C\C/C=C\CC)OC(=O)CCCCCCC/C=C\CCCC)OC(=O)CCCCCCCCCCCCCCC. The van der Waals surface area contributed by atoms with Crippen molar-refractivity contribution in [2.24, 2.45) is 0 Å². The highest BCUT2D eigenvalue weighted by molar-refractivity contribution is 7.47. The quantitative estimate of drug-likeness (QED) is 0.0169. The van der Waals surface area contributed by atoms with Crippen molar-refractivity contribution in [2.75, 3.05) is 39.6 Å². The molecule has 0 aromatic rings. The smallest absolute Gasteiger partial charge is 0.462 e. The Morgan fingerprint density at radius 3 is 0.898 bits per heavy atom. The minimum absolute atomic E-state index is 0.0758. The van der Waals surface area contributed by atoms with Gasteiger partial charge in [-0.1, -0.05) is 271 Å². The summed E-state index contributed by atoms with van der Waals surface area (Å²) in [4.78, 5) is 72.8. The number of phosphoric acid groups is 2. The number of unbranched alkanes of at least 4 members (excludes halogenated alkanes) is 24. The zero-order valence-corrected chi connectivity index (χ0v) is 63.0. The first-order valence-electron chi connectivity index (χ1n) is 37.8. The molecular weight excluding hydrogens is 1280 g/mol. The van der Waals surface area contributed by atoms with Gasteiger partial charge >= 0.3 is 39.5 Å². The van der Waals surface area contributed by atoms with Crippen LogP contribution in [0.4, 0.5) is 0 Å². The number of carbonyl (C=O) groups excluding carboxylic acids is 4. The van der Waals surface area contributed by atoms with Gasteiger partial charge in [-0.05, 0) is 122 Å². The predicted octanol–water partition coefficient (Wildman–Crippen LogP) is 21.6. The van der Waals surface area contributed by atoms with Crippen molar-refractivity contribution < 1.29 is 80.2 Å². The lowest BCUT2D eigenvalue weighted by Crippen LogP contribution is -2.30. The van der Waals surface area contributed by atoms with Gasteiger partial charge in [-0.2, -0.15) is 0 Å². The van der Waals surface area contributed by atoms with Crippen LogP contribution in [-0.4, -0.2) is 96.7 Å². The summed E-state index contributed by atoms with van der Waals surface area (Å²) in [5, 5.41) is 10.6. The van der Waals surface area contributed by atoms with Crippen molar-refractivity contribution in [1.82, 2.24) is 0 Å². The Balaban J connectivity index is 5.38. The summed E-state index contributed by atoms with van der Waals surface area (Å²) in [5.41, 5.74) is 0. The zero-order valence-electron chi connectivity index (χ0n) is 61.2. The molecule has 0 aliphatic carbocycles. The standard InChI is InChI=1S/C79H134O17P2/c1-5-9-13-17-21-25-29-32-34-36-38-41-44-47-51-55-59-63-76(81)89-69-74(95-78(83)65-61-57-53-49-43-28-24-20-16-12-8-4)71-93-97(85,86)91-67-73(80)68-92-98(87,88)94-72-75(96-79(84)66-62-58-54-50-46-40-31-27-23-19-15-11-7-3)70-90-77(82)64-60-56-52-48-45-42-39-37-35-33-30-26-22-18-14-10-6-2/h9-10,13-14,20-22,24-26,32-35,38-39,41-42,48,52,73-75,80H,5-8,11-12,15-19,23,27-31,36-37,40,43-47,49-51,53-72H2,1-4H3,(H,85,86)(H,87,88)/b13-9-,14-10-,24-20-,25-21-,26-22-,34-32-,35-33-,41-38-,42-39-,52-48-. The van der Waals surface area contributed by atoms with E-state index in [2.05, 4.69) is 137 Å². The topological polar surface area (TPSA) is 237 Å². The van der Waals surface area contributed by atoms with Crippen molar-refractivity contribution in [2.45, 2.75) is 316 Å². The van der Waals surface area contributed by atoms with Crippen molar-refractivity contribution in [3.8, 4) is 0 Å². The van der Waals surface area contributed by atoms with Gasteiger partial charge in [0, 0.05) is 25.7 Å². The molecule has 5 atom stereocenters. The molecule has 0 aromatic heterocycles. The van der Waals surface area contributed by atoms with Gasteiger partial charge in [0.05, 0.1) is 26.4 Å². The third-order valence-corrected chi connectivity index (χ3v) is 17.3. The number of hydrogen-bond acceptors (Lipinski definition) is 15. The lowest BCUT2D eigenvalue weighted by molar-refractivity contribution is -0.161. The van der Waals surface area contributed by atoms with Crippen LogP contribution in [0.2, 0.25) is 0 Å². The van der Waals surface area contributed by atoms with Crippen LogP contribution in [0.25, 0.3) is 0 Å². The Morgan fingerprint density at radius 2 is 0.551 bits per heavy atom. The number of carbonyl (C=O) groups is 4. The van der Waals surface area contributed by atoms with E-state index in [0.717, 1.165) is 148 Å². The first kappa shape index (κ1) is 93.5. The summed E-state index contributed by atoms with van der Waals surface area (Å²) < 4.78 is 68.3. The van der Waals surface area contributed by atoms with Crippen LogP contribution in [0.15, 0.2) is 122 Å². The molecule has 0 aromatic carbocycles. The maximum Gasteiger partial charge on any atom is 0.472 e. The molecule has 0 fully saturated rings. The van der Waals surface area contributed by atoms with E-state index in [4.69, 9.17) is 37.0 Å². The molecule has 0 aliphatic heterocycles. The van der Waals surface area contributed by atoms with Crippen molar-refractivity contribution >= 4 is 39.5 Å². The maximum absolute atomic E-state index is 13.1. The third kappa shape index (κ3) is 69.9. The van der Waals surface area contributed by atoms with Gasteiger partial charge in [0.1, 0.15) is 19.3 Å². The largest absolute Gasteiger partial charge is 0.472 e. The Hall–Kier alpha value is -4.54. The molecular formula is C79H134O17P2. The molecule has 0 bridgehead atoms. The predicted molar refractivity (Wildman–Crippen MR) is 399 cm³/mol. The monoisotopic (exact) mass is 1420 g/mol. The normalized spacial score (nSPS) is 14.6. The van der Waals surface area contributed by atoms with E-state index in [1.54, 1.807) is 0 Å². The Bertz CT molecular complexity index is 2340. The summed E-state index contributed by atoms with van der Waals surface area (Å²) in [6.07, 6.45) is 76.3. The van der Waals surface area contributed by atoms with Crippen LogP contribution in [0.5, 0.6) is 0 Å². The molecule has 0 spiro atoms. The fourth-order valence-corrected chi connectivity index (χ4v) is 11.3. The lowest BCUT2D eigenvalue weighted by atomic mass is 10.0. The highest BCUT2D eigenvalue weighted by Crippen LogP contribution is 2.45. The first-order chi connectivity index (χ1) is 47.7. The molecule has 19 heteroatoms. The number of rotatable bonds is 70. The van der Waals surface area contributed by atoms with Crippen LogP contribution in [0, 0.1) is 0 Å². The van der Waals surface area contributed by atoms with E-state index in [9.17, 15) is 43.2 Å². The molecule has 98 heavy (non-hydrogen) atoms. The summed E-state index contributed by atoms with van der Waals surface area (Å²) in [6.45, 7) is 4.50. The molecule has 0 aliphatic rings. The molecule has 17 nitrogen and oxygen atoms in total. The van der Waals surface area contributed by atoms with E-state index >= 15 is 0 Å². The Labute approximate surface area is 593 Å². The van der Waals surface area contributed by atoms with Gasteiger partial charge in [-0.15, -0.1) is 0 Å². The van der Waals surface area contributed by atoms with Crippen LogP contribution < -0.4 is 0 Å². The maximum atomic E-state index is 13.1.